The number of nitrogens with two attached hydrogens (primary N) is 2. The third-order valence-corrected chi connectivity index (χ3v) is 4.65. The van der Waals surface area contributed by atoms with Crippen LogP contribution in [-0.4, -0.2) is 28.5 Å². The Bertz CT molecular complexity index is 428. The molecule has 0 bridgehead atoms. The van der Waals surface area contributed by atoms with Gasteiger partial charge in [0.2, 0.25) is 0 Å². The van der Waals surface area contributed by atoms with Crippen molar-refractivity contribution in [1.29, 1.82) is 0 Å². The Morgan fingerprint density at radius 1 is 1.25 bits per heavy atom. The first-order chi connectivity index (χ1) is 9.46. The predicted molar refractivity (Wildman–Crippen MR) is 86.8 cm³/mol. The lowest BCUT2D eigenvalue weighted by molar-refractivity contribution is 0.0626. The molecule has 1 aromatic heterocycles. The zero-order valence-corrected chi connectivity index (χ0v) is 13.7. The molecule has 0 fully saturated rings. The Kier molecular flexibility index (Phi) is 6.24. The maximum absolute atomic E-state index is 6.60. The van der Waals surface area contributed by atoms with E-state index in [1.165, 1.54) is 0 Å². The average Bonchev–Trinajstić information content (AvgIpc) is 2.46. The normalized spacial score (nSPS) is 13.8. The Morgan fingerprint density at radius 2 is 1.80 bits per heavy atom. The van der Waals surface area contributed by atoms with Gasteiger partial charge < -0.3 is 11.5 Å². The van der Waals surface area contributed by atoms with Gasteiger partial charge >= 0.3 is 0 Å². The maximum Gasteiger partial charge on any atom is 0.128 e. The van der Waals surface area contributed by atoms with Gasteiger partial charge in [0, 0.05) is 17.3 Å². The molecule has 1 unspecified atom stereocenters. The molecule has 0 spiro atoms. The van der Waals surface area contributed by atoms with E-state index in [9.17, 15) is 0 Å². The third-order valence-electron chi connectivity index (χ3n) is 4.45. The molecular formula is C15H27ClN4. The van der Waals surface area contributed by atoms with E-state index in [4.69, 9.17) is 23.1 Å². The average molecular weight is 299 g/mol. The minimum absolute atomic E-state index is 0.121. The summed E-state index contributed by atoms with van der Waals surface area (Å²) >= 11 is 6.06. The zero-order chi connectivity index (χ0) is 15.3. The van der Waals surface area contributed by atoms with Crippen molar-refractivity contribution in [2.24, 2.45) is 5.73 Å². The molecule has 1 atom stereocenters. The van der Waals surface area contributed by atoms with Crippen LogP contribution in [0, 0.1) is 0 Å². The topological polar surface area (TPSA) is 68.2 Å². The molecule has 0 saturated carbocycles. The largest absolute Gasteiger partial charge is 0.383 e. The van der Waals surface area contributed by atoms with Gasteiger partial charge in [0.05, 0.1) is 11.1 Å². The number of likely N-dealkylation sites (N-methyl/N-ethyl adjacent to an activating group) is 1. The van der Waals surface area contributed by atoms with Gasteiger partial charge in [0.1, 0.15) is 5.82 Å². The number of hydrogen-bond acceptors (Lipinski definition) is 4. The summed E-state index contributed by atoms with van der Waals surface area (Å²) < 4.78 is 0. The number of pyridine rings is 1. The molecule has 1 aromatic rings. The molecule has 5 heteroatoms. The lowest BCUT2D eigenvalue weighted by Gasteiger charge is -2.46. The number of nitrogen functional groups attached to an aromatic ring is 1. The van der Waals surface area contributed by atoms with Gasteiger partial charge in [0.15, 0.2) is 0 Å². The molecule has 0 aromatic carbocycles. The van der Waals surface area contributed by atoms with Crippen molar-refractivity contribution in [3.63, 3.8) is 0 Å². The Morgan fingerprint density at radius 3 is 2.25 bits per heavy atom. The monoisotopic (exact) mass is 298 g/mol. The number of anilines is 1. The summed E-state index contributed by atoms with van der Waals surface area (Å²) in [7, 11) is 0. The van der Waals surface area contributed by atoms with E-state index in [1.54, 1.807) is 6.20 Å². The summed E-state index contributed by atoms with van der Waals surface area (Å²) in [5.41, 5.74) is 13.3. The smallest absolute Gasteiger partial charge is 0.128 e. The van der Waals surface area contributed by atoms with Gasteiger partial charge in [-0.05, 0) is 32.0 Å². The van der Waals surface area contributed by atoms with Gasteiger partial charge in [0.25, 0.3) is 0 Å². The van der Waals surface area contributed by atoms with Crippen LogP contribution >= 0.6 is 11.6 Å². The van der Waals surface area contributed by atoms with E-state index in [0.29, 0.717) is 10.8 Å². The highest BCUT2D eigenvalue weighted by Gasteiger charge is 2.39. The van der Waals surface area contributed by atoms with Crippen LogP contribution in [0.15, 0.2) is 12.3 Å². The minimum Gasteiger partial charge on any atom is -0.383 e. The Balaban J connectivity index is 3.29. The summed E-state index contributed by atoms with van der Waals surface area (Å²) in [6.45, 7) is 10.6. The van der Waals surface area contributed by atoms with E-state index in [2.05, 4.69) is 37.6 Å². The molecular weight excluding hydrogens is 272 g/mol. The molecule has 4 N–H and O–H groups in total. The van der Waals surface area contributed by atoms with Gasteiger partial charge in [-0.15, -0.1) is 0 Å². The number of hydrogen-bond donors (Lipinski definition) is 2. The molecule has 0 saturated heterocycles. The van der Waals surface area contributed by atoms with Crippen LogP contribution in [0.5, 0.6) is 0 Å². The van der Waals surface area contributed by atoms with Crippen LogP contribution in [0.25, 0.3) is 0 Å². The van der Waals surface area contributed by atoms with Crippen molar-refractivity contribution < 1.29 is 0 Å². The summed E-state index contributed by atoms with van der Waals surface area (Å²) in [6.07, 6.45) is 3.47. The molecule has 1 rings (SSSR count). The summed E-state index contributed by atoms with van der Waals surface area (Å²) in [4.78, 5) is 6.55. The Hall–Kier alpha value is -0.840. The standard InChI is InChI=1S/C15H27ClN4/c1-5-15(6-2,20(7-3)8-4)13(17)12-9-11(16)10-19-14(12)18/h9-10,13H,5-8,17H2,1-4H3,(H2,18,19). The fourth-order valence-electron chi connectivity index (χ4n) is 3.19. The molecule has 0 amide bonds. The van der Waals surface area contributed by atoms with Gasteiger partial charge in [-0.3, -0.25) is 4.90 Å². The first-order valence-electron chi connectivity index (χ1n) is 7.38. The minimum atomic E-state index is -0.205. The van der Waals surface area contributed by atoms with Crippen LogP contribution in [0.1, 0.15) is 52.1 Å². The number of nitrogens with zero attached hydrogens (tertiary/aromatic N) is 2. The molecule has 0 radical (unpaired) electrons. The molecule has 1 heterocycles. The zero-order valence-electron chi connectivity index (χ0n) is 13.0. The maximum atomic E-state index is 6.60. The Labute approximate surface area is 127 Å². The van der Waals surface area contributed by atoms with Crippen molar-refractivity contribution >= 4 is 17.4 Å². The summed E-state index contributed by atoms with van der Waals surface area (Å²) in [5.74, 6) is 0.473. The van der Waals surface area contributed by atoms with Gasteiger partial charge in [-0.25, -0.2) is 4.98 Å². The van der Waals surface area contributed by atoms with E-state index in [1.807, 2.05) is 6.07 Å². The van der Waals surface area contributed by atoms with Crippen molar-refractivity contribution in [3.8, 4) is 0 Å². The lowest BCUT2D eigenvalue weighted by atomic mass is 9.79. The first-order valence-corrected chi connectivity index (χ1v) is 7.76. The van der Waals surface area contributed by atoms with Crippen LogP contribution in [-0.2, 0) is 0 Å². The third kappa shape index (κ3) is 3.08. The quantitative estimate of drug-likeness (QED) is 0.811. The number of aromatic nitrogens is 1. The van der Waals surface area contributed by atoms with E-state index >= 15 is 0 Å². The van der Waals surface area contributed by atoms with Gasteiger partial charge in [-0.1, -0.05) is 39.3 Å². The molecule has 114 valence electrons. The number of halogens is 1. The molecule has 0 aliphatic carbocycles. The second kappa shape index (κ2) is 7.25. The van der Waals surface area contributed by atoms with E-state index < -0.39 is 0 Å². The molecule has 20 heavy (non-hydrogen) atoms. The van der Waals surface area contributed by atoms with E-state index in [-0.39, 0.29) is 11.6 Å². The number of rotatable bonds is 7. The molecule has 4 nitrogen and oxygen atoms in total. The second-order valence-electron chi connectivity index (χ2n) is 5.09. The summed E-state index contributed by atoms with van der Waals surface area (Å²) in [5, 5.41) is 0.574. The van der Waals surface area contributed by atoms with Crippen molar-refractivity contribution in [1.82, 2.24) is 9.88 Å². The van der Waals surface area contributed by atoms with Gasteiger partial charge in [-0.2, -0.15) is 0 Å². The first kappa shape index (κ1) is 17.2. The predicted octanol–water partition coefficient (Wildman–Crippen LogP) is 3.22. The fraction of sp³-hybridized carbons (Fsp3) is 0.667. The lowest BCUT2D eigenvalue weighted by Crippen LogP contribution is -2.55. The highest BCUT2D eigenvalue weighted by Crippen LogP contribution is 2.37. The van der Waals surface area contributed by atoms with Crippen LogP contribution < -0.4 is 11.5 Å². The molecule has 0 aliphatic heterocycles. The highest BCUT2D eigenvalue weighted by molar-refractivity contribution is 6.30. The highest BCUT2D eigenvalue weighted by atomic mass is 35.5. The molecule has 0 aliphatic rings. The fourth-order valence-corrected chi connectivity index (χ4v) is 3.36. The van der Waals surface area contributed by atoms with Crippen molar-refractivity contribution in [2.45, 2.75) is 52.1 Å². The van der Waals surface area contributed by atoms with Crippen LogP contribution in [0.3, 0.4) is 0 Å². The van der Waals surface area contributed by atoms with Crippen LogP contribution in [0.4, 0.5) is 5.82 Å². The summed E-state index contributed by atoms with van der Waals surface area (Å²) in [6, 6.07) is 1.64. The van der Waals surface area contributed by atoms with Crippen molar-refractivity contribution in [2.75, 3.05) is 18.8 Å². The van der Waals surface area contributed by atoms with Crippen molar-refractivity contribution in [3.05, 3.63) is 22.8 Å². The van der Waals surface area contributed by atoms with E-state index in [0.717, 1.165) is 31.5 Å². The SMILES string of the molecule is CCN(CC)C(CC)(CC)C(N)c1cc(Cl)cnc1N. The van der Waals surface area contributed by atoms with Crippen LogP contribution in [0.2, 0.25) is 5.02 Å². The second-order valence-corrected chi connectivity index (χ2v) is 5.53.